The van der Waals surface area contributed by atoms with E-state index in [-0.39, 0.29) is 35.3 Å². The highest BCUT2D eigenvalue weighted by atomic mass is 32.2. The molecular formula is C40H36FNO3S. The number of carbonyl (C=O) groups excluding carboxylic acids is 2. The molecule has 1 unspecified atom stereocenters. The lowest BCUT2D eigenvalue weighted by Crippen LogP contribution is -2.58. The molecule has 46 heavy (non-hydrogen) atoms. The normalized spacial score (nSPS) is 37.2. The quantitative estimate of drug-likeness (QED) is 0.232. The van der Waals surface area contributed by atoms with Crippen molar-refractivity contribution in [2.45, 2.75) is 62.4 Å². The Bertz CT molecular complexity index is 2020. The van der Waals surface area contributed by atoms with Crippen LogP contribution in [0.4, 0.5) is 4.39 Å². The maximum absolute atomic E-state index is 16.0. The summed E-state index contributed by atoms with van der Waals surface area (Å²) in [6, 6.07) is 25.0. The highest BCUT2D eigenvalue weighted by molar-refractivity contribution is 7.99. The molecule has 4 nitrogen and oxygen atoms in total. The lowest BCUT2D eigenvalue weighted by atomic mass is 9.55. The van der Waals surface area contributed by atoms with Gasteiger partial charge >= 0.3 is 0 Å². The molecule has 6 heteroatoms. The number of halogens is 1. The number of aromatic hydroxyl groups is 1. The third-order valence-corrected chi connectivity index (χ3v) is 14.6. The molecule has 4 aliphatic carbocycles. The first-order valence-corrected chi connectivity index (χ1v) is 18.0. The summed E-state index contributed by atoms with van der Waals surface area (Å²) >= 11 is 1.83. The first kappa shape index (κ1) is 27.6. The number of benzene rings is 4. The van der Waals surface area contributed by atoms with Crippen LogP contribution >= 0.6 is 11.8 Å². The van der Waals surface area contributed by atoms with Crippen LogP contribution < -0.4 is 0 Å². The first-order chi connectivity index (χ1) is 22.3. The second-order valence-electron chi connectivity index (χ2n) is 15.1. The van der Waals surface area contributed by atoms with Crippen LogP contribution in [0.2, 0.25) is 0 Å². The van der Waals surface area contributed by atoms with Gasteiger partial charge in [-0.1, -0.05) is 61.5 Å². The van der Waals surface area contributed by atoms with Gasteiger partial charge in [0.1, 0.15) is 22.9 Å². The van der Waals surface area contributed by atoms with Crippen LogP contribution in [0.3, 0.4) is 0 Å². The third-order valence-electron chi connectivity index (χ3n) is 13.6. The van der Waals surface area contributed by atoms with Gasteiger partial charge in [-0.25, -0.2) is 4.39 Å². The van der Waals surface area contributed by atoms with Gasteiger partial charge in [-0.2, -0.15) is 0 Å². The fraction of sp³-hybridized carbons (Fsp3) is 0.400. The molecule has 4 aromatic rings. The van der Waals surface area contributed by atoms with Gasteiger partial charge < -0.3 is 5.11 Å². The number of ketones is 2. The van der Waals surface area contributed by atoms with Gasteiger partial charge in [0.15, 0.2) is 5.78 Å². The zero-order valence-electron chi connectivity index (χ0n) is 25.8. The molecule has 0 bridgehead atoms. The lowest BCUT2D eigenvalue weighted by molar-refractivity contribution is -0.139. The average Bonchev–Trinajstić information content (AvgIpc) is 3.75. The number of Topliss-reactive ketones (excluding diaryl/α,β-unsaturated/α-hetero) is 2. The van der Waals surface area contributed by atoms with Crippen LogP contribution in [0.1, 0.15) is 77.1 Å². The van der Waals surface area contributed by atoms with Crippen molar-refractivity contribution in [1.82, 2.24) is 4.90 Å². The predicted molar refractivity (Wildman–Crippen MR) is 178 cm³/mol. The minimum absolute atomic E-state index is 0.0566. The second-order valence-corrected chi connectivity index (χ2v) is 16.1. The Labute approximate surface area is 272 Å². The monoisotopic (exact) mass is 629 g/mol. The summed E-state index contributed by atoms with van der Waals surface area (Å²) in [6.45, 7) is 2.21. The Morgan fingerprint density at radius 3 is 2.65 bits per heavy atom. The van der Waals surface area contributed by atoms with Gasteiger partial charge in [0.05, 0.1) is 5.41 Å². The standard InChI is InChI=1S/C40H36FNO3S/c1-38-16-15-28-27-14-12-26(43)18-23(27)11-13-29(28)32(38)19-39(37(38)45)35(24-7-2-8-25(41)17-24)33-20-46-21-42(33)40(39)31-10-4-6-22-5-3-9-30(34(22)31)36(40)44/h2-10,12,14,17-18,28-29,32-33,35,43H,11,13,15-16,19-21H2,1H3/t28-,29-,32+,33?,35+,38+,39+,40+/m1/s1. The van der Waals surface area contributed by atoms with E-state index >= 15 is 14.0 Å². The highest BCUT2D eigenvalue weighted by Crippen LogP contribution is 2.77. The number of carbonyl (C=O) groups is 2. The Morgan fingerprint density at radius 1 is 0.978 bits per heavy atom. The van der Waals surface area contributed by atoms with Crippen molar-refractivity contribution in [1.29, 1.82) is 0 Å². The molecule has 10 rings (SSSR count). The van der Waals surface area contributed by atoms with Crippen LogP contribution in [0.15, 0.2) is 78.9 Å². The minimum atomic E-state index is -1.13. The van der Waals surface area contributed by atoms with E-state index in [0.717, 1.165) is 58.9 Å². The van der Waals surface area contributed by atoms with E-state index in [0.29, 0.717) is 29.9 Å². The van der Waals surface area contributed by atoms with E-state index in [1.807, 2.05) is 42.1 Å². The van der Waals surface area contributed by atoms with E-state index in [9.17, 15) is 5.11 Å². The number of phenols is 1. The summed E-state index contributed by atoms with van der Waals surface area (Å²) in [6.07, 6.45) is 4.17. The molecule has 2 aliphatic heterocycles. The Hall–Kier alpha value is -3.48. The van der Waals surface area contributed by atoms with Crippen molar-refractivity contribution in [3.63, 3.8) is 0 Å². The summed E-state index contributed by atoms with van der Waals surface area (Å²) in [7, 11) is 0. The number of aryl methyl sites for hydroxylation is 1. The summed E-state index contributed by atoms with van der Waals surface area (Å²) in [5.74, 6) is 2.22. The molecule has 2 heterocycles. The Balaban J connectivity index is 1.24. The van der Waals surface area contributed by atoms with Crippen LogP contribution in [0, 0.1) is 28.5 Å². The summed E-state index contributed by atoms with van der Waals surface area (Å²) < 4.78 is 15.2. The molecule has 4 aromatic carbocycles. The van der Waals surface area contributed by atoms with Gasteiger partial charge in [-0.3, -0.25) is 14.5 Å². The molecular weight excluding hydrogens is 594 g/mol. The molecule has 232 valence electrons. The van der Waals surface area contributed by atoms with E-state index < -0.39 is 16.4 Å². The number of nitrogens with zero attached hydrogens (tertiary/aromatic N) is 1. The maximum Gasteiger partial charge on any atom is 0.189 e. The summed E-state index contributed by atoms with van der Waals surface area (Å²) in [4.78, 5) is 33.9. The van der Waals surface area contributed by atoms with Gasteiger partial charge in [0, 0.05) is 34.6 Å². The molecule has 0 radical (unpaired) electrons. The zero-order chi connectivity index (χ0) is 31.2. The highest BCUT2D eigenvalue weighted by Gasteiger charge is 2.82. The Kier molecular flexibility index (Phi) is 5.47. The SMILES string of the molecule is C[C@]12CC[C@@H]3c4ccc(O)cc4CC[C@H]3[C@@H]1C[C@@]1(C2=O)[C@@H](c2cccc(F)c2)C2CSCN2[C@@]12C(=O)c1cccc3cccc2c13. The average molecular weight is 630 g/mol. The molecule has 6 aliphatic rings. The molecule has 2 spiro atoms. The minimum Gasteiger partial charge on any atom is -0.508 e. The number of rotatable bonds is 1. The van der Waals surface area contributed by atoms with Gasteiger partial charge in [0.25, 0.3) is 0 Å². The number of thioether (sulfide) groups is 1. The van der Waals surface area contributed by atoms with Gasteiger partial charge in [-0.15, -0.1) is 11.8 Å². The van der Waals surface area contributed by atoms with Crippen LogP contribution in [0.25, 0.3) is 10.8 Å². The number of phenolic OH excluding ortho intramolecular Hbond substituents is 1. The molecule has 0 aromatic heterocycles. The smallest absolute Gasteiger partial charge is 0.189 e. The van der Waals surface area contributed by atoms with E-state index in [1.54, 1.807) is 12.1 Å². The fourth-order valence-corrected chi connectivity index (χ4v) is 13.4. The van der Waals surface area contributed by atoms with Gasteiger partial charge in [-0.05, 0) is 107 Å². The molecule has 1 N–H and O–H groups in total. The largest absolute Gasteiger partial charge is 0.508 e. The van der Waals surface area contributed by atoms with Gasteiger partial charge in [0.2, 0.25) is 0 Å². The molecule has 2 saturated carbocycles. The van der Waals surface area contributed by atoms with Crippen molar-refractivity contribution in [2.75, 3.05) is 11.6 Å². The summed E-state index contributed by atoms with van der Waals surface area (Å²) in [5, 5.41) is 12.3. The van der Waals surface area contributed by atoms with Crippen LogP contribution in [0.5, 0.6) is 5.75 Å². The van der Waals surface area contributed by atoms with E-state index in [4.69, 9.17) is 0 Å². The molecule has 0 amide bonds. The van der Waals surface area contributed by atoms with Crippen molar-refractivity contribution in [2.24, 2.45) is 22.7 Å². The van der Waals surface area contributed by atoms with Crippen molar-refractivity contribution < 1.29 is 19.1 Å². The molecule has 2 saturated heterocycles. The van der Waals surface area contributed by atoms with Crippen LogP contribution in [-0.4, -0.2) is 39.2 Å². The topological polar surface area (TPSA) is 57.6 Å². The van der Waals surface area contributed by atoms with Crippen molar-refractivity contribution in [3.8, 4) is 5.75 Å². The third kappa shape index (κ3) is 3.03. The molecule has 8 atom stereocenters. The summed E-state index contributed by atoms with van der Waals surface area (Å²) in [5.41, 5.74) is 2.36. The van der Waals surface area contributed by atoms with Crippen molar-refractivity contribution >= 4 is 34.1 Å². The van der Waals surface area contributed by atoms with Crippen molar-refractivity contribution in [3.05, 3.63) is 112 Å². The first-order valence-electron chi connectivity index (χ1n) is 16.8. The number of hydrogen-bond acceptors (Lipinski definition) is 5. The van der Waals surface area contributed by atoms with E-state index in [1.165, 1.54) is 17.2 Å². The maximum atomic E-state index is 16.0. The predicted octanol–water partition coefficient (Wildman–Crippen LogP) is 7.97. The lowest BCUT2D eigenvalue weighted by Gasteiger charge is -2.48. The second kappa shape index (κ2) is 9.11. The Morgan fingerprint density at radius 2 is 1.80 bits per heavy atom. The number of hydrogen-bond donors (Lipinski definition) is 1. The zero-order valence-corrected chi connectivity index (χ0v) is 26.7. The van der Waals surface area contributed by atoms with E-state index in [2.05, 4.69) is 42.2 Å². The van der Waals surface area contributed by atoms with Crippen LogP contribution in [-0.2, 0) is 16.8 Å². The fourth-order valence-electron chi connectivity index (χ4n) is 12.0. The molecule has 4 fully saturated rings. The number of fused-ring (bicyclic) bond motifs is 9.